The molecule has 0 saturated carbocycles. The van der Waals surface area contributed by atoms with Crippen LogP contribution in [0.3, 0.4) is 0 Å². The first-order valence-corrected chi connectivity index (χ1v) is 13.7. The number of benzene rings is 1. The van der Waals surface area contributed by atoms with Gasteiger partial charge in [-0.3, -0.25) is 9.20 Å². The van der Waals surface area contributed by atoms with Gasteiger partial charge in [0, 0.05) is 24.7 Å². The predicted octanol–water partition coefficient (Wildman–Crippen LogP) is 4.40. The lowest BCUT2D eigenvalue weighted by molar-refractivity contribution is 0.0966. The van der Waals surface area contributed by atoms with E-state index in [1.54, 1.807) is 12.5 Å². The van der Waals surface area contributed by atoms with Crippen LogP contribution in [0.4, 0.5) is 11.5 Å². The standard InChI is InChI=1S/C30H32N8O2/c1-36(2)17-23-19(18-8-11-37(3)12-9-18)5-7-26(35-23)34-22-6-4-20(21-14-32-29(39)28(21)22)25-15-31-27-16-33-30-24(38(25)27)10-13-40-30/h4-7,10,13,15-16,18H,8-9,11-12,14,17H2,1-3H3,(H,32,39)(H,34,35). The molecule has 0 unspecified atom stereocenters. The number of likely N-dealkylation sites (tertiary alicyclic amines) is 1. The Labute approximate surface area is 232 Å². The van der Waals surface area contributed by atoms with Gasteiger partial charge in [-0.2, -0.15) is 0 Å². The van der Waals surface area contributed by atoms with Gasteiger partial charge in [0.1, 0.15) is 11.3 Å². The summed E-state index contributed by atoms with van der Waals surface area (Å²) in [7, 11) is 6.33. The zero-order valence-corrected chi connectivity index (χ0v) is 22.9. The number of imidazole rings is 1. The highest BCUT2D eigenvalue weighted by molar-refractivity contribution is 6.06. The normalized spacial score (nSPS) is 16.2. The zero-order valence-electron chi connectivity index (χ0n) is 22.9. The number of amides is 1. The van der Waals surface area contributed by atoms with Crippen LogP contribution in [0.5, 0.6) is 0 Å². The third-order valence-electron chi connectivity index (χ3n) is 8.09. The van der Waals surface area contributed by atoms with Crippen LogP contribution in [0, 0.1) is 0 Å². The van der Waals surface area contributed by atoms with Crippen molar-refractivity contribution in [2.24, 2.45) is 0 Å². The fraction of sp³-hybridized carbons (Fsp3) is 0.333. The van der Waals surface area contributed by atoms with Crippen molar-refractivity contribution in [3.05, 3.63) is 71.4 Å². The van der Waals surface area contributed by atoms with Gasteiger partial charge in [-0.25, -0.2) is 15.0 Å². The number of aromatic nitrogens is 4. The van der Waals surface area contributed by atoms with Crippen LogP contribution in [0.2, 0.25) is 0 Å². The quantitative estimate of drug-likeness (QED) is 0.329. The summed E-state index contributed by atoms with van der Waals surface area (Å²) in [5, 5.41) is 6.49. The first-order valence-electron chi connectivity index (χ1n) is 13.7. The summed E-state index contributed by atoms with van der Waals surface area (Å²) in [5.41, 5.74) is 8.66. The van der Waals surface area contributed by atoms with E-state index in [1.807, 2.05) is 34.9 Å². The van der Waals surface area contributed by atoms with Crippen molar-refractivity contribution < 1.29 is 9.21 Å². The van der Waals surface area contributed by atoms with E-state index in [4.69, 9.17) is 9.40 Å². The summed E-state index contributed by atoms with van der Waals surface area (Å²) in [6.07, 6.45) is 7.43. The topological polar surface area (TPSA) is 104 Å². The Morgan fingerprint density at radius 2 is 1.95 bits per heavy atom. The highest BCUT2D eigenvalue weighted by Gasteiger charge is 2.28. The maximum Gasteiger partial charge on any atom is 0.254 e. The largest absolute Gasteiger partial charge is 0.445 e. The predicted molar refractivity (Wildman–Crippen MR) is 154 cm³/mol. The number of anilines is 2. The average Bonchev–Trinajstić information content (AvgIpc) is 3.68. The lowest BCUT2D eigenvalue weighted by Gasteiger charge is -2.30. The van der Waals surface area contributed by atoms with E-state index >= 15 is 0 Å². The molecule has 0 atom stereocenters. The van der Waals surface area contributed by atoms with Crippen molar-refractivity contribution in [2.45, 2.75) is 31.8 Å². The van der Waals surface area contributed by atoms with Gasteiger partial charge >= 0.3 is 0 Å². The molecule has 2 N–H and O–H groups in total. The molecule has 1 aromatic carbocycles. The van der Waals surface area contributed by atoms with Crippen molar-refractivity contribution in [2.75, 3.05) is 39.5 Å². The number of piperidine rings is 1. The van der Waals surface area contributed by atoms with Gasteiger partial charge in [0.25, 0.3) is 5.91 Å². The molecule has 0 aliphatic carbocycles. The highest BCUT2D eigenvalue weighted by Crippen LogP contribution is 2.37. The van der Waals surface area contributed by atoms with Crippen molar-refractivity contribution in [3.8, 4) is 11.3 Å². The molecule has 5 aromatic rings. The second-order valence-electron chi connectivity index (χ2n) is 11.1. The minimum atomic E-state index is -0.0974. The smallest absolute Gasteiger partial charge is 0.254 e. The summed E-state index contributed by atoms with van der Waals surface area (Å²) in [6.45, 7) is 3.42. The third kappa shape index (κ3) is 4.20. The molecule has 0 bridgehead atoms. The number of pyridine rings is 1. The number of carbonyl (C=O) groups excluding carboxylic acids is 1. The van der Waals surface area contributed by atoms with Crippen molar-refractivity contribution in [1.29, 1.82) is 0 Å². The summed E-state index contributed by atoms with van der Waals surface area (Å²) in [4.78, 5) is 31.6. The second-order valence-corrected chi connectivity index (χ2v) is 11.1. The monoisotopic (exact) mass is 536 g/mol. The van der Waals surface area contributed by atoms with Crippen LogP contribution in [0.1, 0.15) is 45.9 Å². The number of nitrogens with zero attached hydrogens (tertiary/aromatic N) is 6. The van der Waals surface area contributed by atoms with E-state index in [-0.39, 0.29) is 5.91 Å². The molecule has 2 aliphatic heterocycles. The summed E-state index contributed by atoms with van der Waals surface area (Å²) in [5.74, 6) is 1.16. The van der Waals surface area contributed by atoms with E-state index in [9.17, 15) is 4.79 Å². The molecule has 1 saturated heterocycles. The number of fused-ring (bicyclic) bond motifs is 4. The number of carbonyl (C=O) groups is 1. The van der Waals surface area contributed by atoms with E-state index in [0.29, 0.717) is 23.7 Å². The maximum atomic E-state index is 13.1. The number of hydrogen-bond donors (Lipinski definition) is 2. The molecule has 10 nitrogen and oxygen atoms in total. The van der Waals surface area contributed by atoms with E-state index in [1.165, 1.54) is 5.56 Å². The summed E-state index contributed by atoms with van der Waals surface area (Å²) < 4.78 is 7.54. The second kappa shape index (κ2) is 9.72. The van der Waals surface area contributed by atoms with Gasteiger partial charge in [0.15, 0.2) is 5.65 Å². The van der Waals surface area contributed by atoms with Gasteiger partial charge in [-0.05, 0) is 76.3 Å². The minimum absolute atomic E-state index is 0.0974. The van der Waals surface area contributed by atoms with Crippen LogP contribution in [0.15, 0.2) is 53.4 Å². The molecular weight excluding hydrogens is 504 g/mol. The van der Waals surface area contributed by atoms with Gasteiger partial charge in [-0.1, -0.05) is 12.1 Å². The Bertz CT molecular complexity index is 1750. The van der Waals surface area contributed by atoms with E-state index < -0.39 is 0 Å². The van der Waals surface area contributed by atoms with Crippen LogP contribution in [-0.2, 0) is 13.1 Å². The molecule has 0 spiro atoms. The lowest BCUT2D eigenvalue weighted by Crippen LogP contribution is -2.30. The fourth-order valence-corrected chi connectivity index (χ4v) is 6.11. The zero-order chi connectivity index (χ0) is 27.4. The molecule has 7 rings (SSSR count). The molecule has 40 heavy (non-hydrogen) atoms. The molecule has 4 aromatic heterocycles. The number of nitrogens with one attached hydrogen (secondary N) is 2. The first-order chi connectivity index (χ1) is 19.5. The first kappa shape index (κ1) is 24.7. The average molecular weight is 537 g/mol. The Morgan fingerprint density at radius 1 is 1.10 bits per heavy atom. The van der Waals surface area contributed by atoms with Crippen LogP contribution >= 0.6 is 0 Å². The summed E-state index contributed by atoms with van der Waals surface area (Å²) in [6, 6.07) is 10.2. The van der Waals surface area contributed by atoms with Crippen LogP contribution in [0.25, 0.3) is 28.1 Å². The molecule has 6 heterocycles. The Kier molecular flexibility index (Phi) is 6.01. The molecule has 10 heteroatoms. The van der Waals surface area contributed by atoms with Gasteiger partial charge < -0.3 is 24.9 Å². The van der Waals surface area contributed by atoms with Crippen LogP contribution in [-0.4, -0.2) is 69.3 Å². The van der Waals surface area contributed by atoms with E-state index in [0.717, 1.165) is 77.7 Å². The molecular formula is C30H32N8O2. The maximum absolute atomic E-state index is 13.1. The Balaban J connectivity index is 1.26. The molecule has 1 amide bonds. The minimum Gasteiger partial charge on any atom is -0.445 e. The van der Waals surface area contributed by atoms with Gasteiger partial charge in [0.2, 0.25) is 5.71 Å². The van der Waals surface area contributed by atoms with Crippen LogP contribution < -0.4 is 10.6 Å². The summed E-state index contributed by atoms with van der Waals surface area (Å²) >= 11 is 0. The van der Waals surface area contributed by atoms with Crippen molar-refractivity contribution in [1.82, 2.24) is 34.5 Å². The fourth-order valence-electron chi connectivity index (χ4n) is 6.11. The highest BCUT2D eigenvalue weighted by atomic mass is 16.3. The van der Waals surface area contributed by atoms with Gasteiger partial charge in [0.05, 0.1) is 41.3 Å². The molecule has 1 fully saturated rings. The number of rotatable bonds is 6. The number of furan rings is 1. The SMILES string of the molecule is CN(C)Cc1nc(Nc2ccc(-c3cnc4cnc5occc5n34)c3c2C(=O)NC3)ccc1C1CCN(C)CC1. The van der Waals surface area contributed by atoms with Crippen molar-refractivity contribution in [3.63, 3.8) is 0 Å². The number of hydrogen-bond acceptors (Lipinski definition) is 8. The lowest BCUT2D eigenvalue weighted by atomic mass is 9.88. The third-order valence-corrected chi connectivity index (χ3v) is 8.09. The van der Waals surface area contributed by atoms with Gasteiger partial charge in [-0.15, -0.1) is 0 Å². The van der Waals surface area contributed by atoms with Crippen molar-refractivity contribution >= 4 is 34.3 Å². The molecule has 2 aliphatic rings. The molecule has 0 radical (unpaired) electrons. The van der Waals surface area contributed by atoms with E-state index in [2.05, 4.69) is 57.6 Å². The Morgan fingerprint density at radius 3 is 2.77 bits per heavy atom. The Hall–Kier alpha value is -4.28. The molecule has 204 valence electrons.